The molecule has 0 amide bonds. The lowest BCUT2D eigenvalue weighted by Crippen LogP contribution is -2.09. The first-order valence-electron chi connectivity index (χ1n) is 5.70. The zero-order valence-corrected chi connectivity index (χ0v) is 9.75. The van der Waals surface area contributed by atoms with Crippen molar-refractivity contribution in [1.29, 1.82) is 5.26 Å². The van der Waals surface area contributed by atoms with Gasteiger partial charge in [0.05, 0.1) is 5.69 Å². The van der Waals surface area contributed by atoms with E-state index in [1.54, 1.807) is 0 Å². The highest BCUT2D eigenvalue weighted by atomic mass is 15.2. The smallest absolute Gasteiger partial charge is 0.166 e. The van der Waals surface area contributed by atoms with Gasteiger partial charge in [0.1, 0.15) is 11.6 Å². The van der Waals surface area contributed by atoms with E-state index in [2.05, 4.69) is 21.6 Å². The van der Waals surface area contributed by atoms with Crippen molar-refractivity contribution < 1.29 is 0 Å². The molecule has 0 aliphatic heterocycles. The van der Waals surface area contributed by atoms with Gasteiger partial charge in [0.2, 0.25) is 0 Å². The summed E-state index contributed by atoms with van der Waals surface area (Å²) in [5.41, 5.74) is 2.37. The molecule has 0 saturated heterocycles. The largest absolute Gasteiger partial charge is 0.367 e. The van der Waals surface area contributed by atoms with Gasteiger partial charge in [-0.05, 0) is 31.7 Å². The third-order valence-corrected chi connectivity index (χ3v) is 3.11. The van der Waals surface area contributed by atoms with E-state index in [-0.39, 0.29) is 0 Å². The second kappa shape index (κ2) is 4.48. The van der Waals surface area contributed by atoms with Crippen LogP contribution in [-0.2, 0) is 0 Å². The zero-order chi connectivity index (χ0) is 11.5. The van der Waals surface area contributed by atoms with Crippen molar-refractivity contribution in [1.82, 2.24) is 10.2 Å². The third kappa shape index (κ3) is 2.30. The second-order valence-electron chi connectivity index (χ2n) is 4.40. The van der Waals surface area contributed by atoms with Crippen molar-refractivity contribution in [3.63, 3.8) is 0 Å². The van der Waals surface area contributed by atoms with Crippen LogP contribution in [0.3, 0.4) is 0 Å². The van der Waals surface area contributed by atoms with Gasteiger partial charge in [-0.3, -0.25) is 0 Å². The quantitative estimate of drug-likeness (QED) is 0.838. The van der Waals surface area contributed by atoms with Crippen LogP contribution in [0.2, 0.25) is 0 Å². The second-order valence-corrected chi connectivity index (χ2v) is 4.40. The highest BCUT2D eigenvalue weighted by Crippen LogP contribution is 2.32. The summed E-state index contributed by atoms with van der Waals surface area (Å²) < 4.78 is 0. The Morgan fingerprint density at radius 1 is 1.38 bits per heavy atom. The van der Waals surface area contributed by atoms with Crippen LogP contribution in [0.25, 0.3) is 0 Å². The molecule has 0 atom stereocenters. The molecule has 1 saturated carbocycles. The fourth-order valence-electron chi connectivity index (χ4n) is 1.67. The molecule has 4 nitrogen and oxygen atoms in total. The molecule has 2 rings (SSSR count). The van der Waals surface area contributed by atoms with Crippen LogP contribution in [0.15, 0.2) is 0 Å². The average molecular weight is 216 g/mol. The number of nitrogens with one attached hydrogen (secondary N) is 1. The maximum atomic E-state index is 9.09. The van der Waals surface area contributed by atoms with Gasteiger partial charge in [0.25, 0.3) is 0 Å². The molecular weight excluding hydrogens is 200 g/mol. The van der Waals surface area contributed by atoms with E-state index >= 15 is 0 Å². The Labute approximate surface area is 95.7 Å². The molecule has 0 unspecified atom stereocenters. The van der Waals surface area contributed by atoms with Crippen LogP contribution in [-0.4, -0.2) is 16.7 Å². The van der Waals surface area contributed by atoms with Gasteiger partial charge < -0.3 is 5.32 Å². The van der Waals surface area contributed by atoms with Crippen LogP contribution in [0.4, 0.5) is 5.82 Å². The predicted molar refractivity (Wildman–Crippen MR) is 62.1 cm³/mol. The fraction of sp³-hybridized carbons (Fsp3) is 0.583. The van der Waals surface area contributed by atoms with Crippen molar-refractivity contribution in [2.75, 3.05) is 11.9 Å². The molecule has 1 heterocycles. The van der Waals surface area contributed by atoms with E-state index in [1.165, 1.54) is 19.3 Å². The SMILES string of the molecule is Cc1nnc(NCCC2CC2)c(C#N)c1C. The van der Waals surface area contributed by atoms with Crippen LogP contribution in [0, 0.1) is 31.1 Å². The van der Waals surface area contributed by atoms with Gasteiger partial charge in [-0.25, -0.2) is 0 Å². The molecule has 84 valence electrons. The van der Waals surface area contributed by atoms with Crippen molar-refractivity contribution >= 4 is 5.82 Å². The number of aromatic nitrogens is 2. The van der Waals surface area contributed by atoms with Crippen LogP contribution in [0.1, 0.15) is 36.1 Å². The van der Waals surface area contributed by atoms with E-state index in [4.69, 9.17) is 5.26 Å². The summed E-state index contributed by atoms with van der Waals surface area (Å²) in [6.07, 6.45) is 3.87. The summed E-state index contributed by atoms with van der Waals surface area (Å²) in [6.45, 7) is 4.67. The van der Waals surface area contributed by atoms with Crippen LogP contribution >= 0.6 is 0 Å². The molecule has 1 aromatic heterocycles. The zero-order valence-electron chi connectivity index (χ0n) is 9.75. The molecule has 1 aliphatic rings. The standard InChI is InChI=1S/C12H16N4/c1-8-9(2)15-16-12(11(8)7-13)14-6-5-10-3-4-10/h10H,3-6H2,1-2H3,(H,14,16). The summed E-state index contributed by atoms with van der Waals surface area (Å²) in [6, 6.07) is 2.19. The Balaban J connectivity index is 2.07. The minimum absolute atomic E-state index is 0.628. The molecule has 1 aromatic rings. The van der Waals surface area contributed by atoms with Crippen molar-refractivity contribution in [2.24, 2.45) is 5.92 Å². The van der Waals surface area contributed by atoms with Gasteiger partial charge in [-0.2, -0.15) is 10.4 Å². The molecule has 0 spiro atoms. The number of hydrogen-bond acceptors (Lipinski definition) is 4. The fourth-order valence-corrected chi connectivity index (χ4v) is 1.67. The van der Waals surface area contributed by atoms with Gasteiger partial charge in [-0.15, -0.1) is 5.10 Å². The lowest BCUT2D eigenvalue weighted by Gasteiger charge is -2.08. The monoisotopic (exact) mass is 216 g/mol. The summed E-state index contributed by atoms with van der Waals surface area (Å²) in [5.74, 6) is 1.52. The lowest BCUT2D eigenvalue weighted by atomic mass is 10.1. The number of aryl methyl sites for hydroxylation is 1. The number of nitrogens with zero attached hydrogens (tertiary/aromatic N) is 3. The first-order valence-corrected chi connectivity index (χ1v) is 5.70. The average Bonchev–Trinajstić information content (AvgIpc) is 3.08. The number of nitriles is 1. The minimum Gasteiger partial charge on any atom is -0.367 e. The first kappa shape index (κ1) is 10.9. The lowest BCUT2D eigenvalue weighted by molar-refractivity contribution is 0.755. The van der Waals surface area contributed by atoms with Crippen LogP contribution in [0.5, 0.6) is 0 Å². The summed E-state index contributed by atoms with van der Waals surface area (Å²) in [5, 5.41) is 20.4. The Bertz CT molecular complexity index is 429. The molecule has 1 N–H and O–H groups in total. The molecule has 1 aliphatic carbocycles. The van der Waals surface area contributed by atoms with Crippen LogP contribution < -0.4 is 5.32 Å². The number of anilines is 1. The molecule has 0 aromatic carbocycles. The van der Waals surface area contributed by atoms with Crippen molar-refractivity contribution in [3.05, 3.63) is 16.8 Å². The predicted octanol–water partition coefficient (Wildman–Crippen LogP) is 2.18. The third-order valence-electron chi connectivity index (χ3n) is 3.11. The molecule has 1 fully saturated rings. The van der Waals surface area contributed by atoms with Gasteiger partial charge in [0.15, 0.2) is 5.82 Å². The Morgan fingerprint density at radius 3 is 2.75 bits per heavy atom. The number of rotatable bonds is 4. The summed E-state index contributed by atoms with van der Waals surface area (Å²) in [4.78, 5) is 0. The molecular formula is C12H16N4. The van der Waals surface area contributed by atoms with Crippen molar-refractivity contribution in [3.8, 4) is 6.07 Å². The highest BCUT2D eigenvalue weighted by Gasteiger charge is 2.20. The normalized spacial score (nSPS) is 14.6. The minimum atomic E-state index is 0.628. The van der Waals surface area contributed by atoms with E-state index in [1.807, 2.05) is 13.8 Å². The first-order chi connectivity index (χ1) is 7.72. The Kier molecular flexibility index (Phi) is 3.04. The maximum Gasteiger partial charge on any atom is 0.166 e. The topological polar surface area (TPSA) is 61.6 Å². The van der Waals surface area contributed by atoms with Gasteiger partial charge >= 0.3 is 0 Å². The molecule has 4 heteroatoms. The summed E-state index contributed by atoms with van der Waals surface area (Å²) in [7, 11) is 0. The van der Waals surface area contributed by atoms with E-state index in [0.29, 0.717) is 11.4 Å². The molecule has 0 bridgehead atoms. The van der Waals surface area contributed by atoms with E-state index in [9.17, 15) is 0 Å². The molecule has 0 radical (unpaired) electrons. The highest BCUT2D eigenvalue weighted by molar-refractivity contribution is 5.55. The summed E-state index contributed by atoms with van der Waals surface area (Å²) >= 11 is 0. The molecule has 16 heavy (non-hydrogen) atoms. The number of hydrogen-bond donors (Lipinski definition) is 1. The van der Waals surface area contributed by atoms with Gasteiger partial charge in [0, 0.05) is 6.54 Å². The van der Waals surface area contributed by atoms with Crippen molar-refractivity contribution in [2.45, 2.75) is 33.1 Å². The maximum absolute atomic E-state index is 9.09. The Hall–Kier alpha value is -1.63. The van der Waals surface area contributed by atoms with E-state index < -0.39 is 0 Å². The van der Waals surface area contributed by atoms with E-state index in [0.717, 1.165) is 23.7 Å². The Morgan fingerprint density at radius 2 is 2.12 bits per heavy atom. The van der Waals surface area contributed by atoms with Gasteiger partial charge in [-0.1, -0.05) is 12.8 Å².